The molecule has 1 saturated heterocycles. The number of pyridine rings is 1. The normalized spacial score (nSPS) is 27.4. The van der Waals surface area contributed by atoms with Gasteiger partial charge in [0, 0.05) is 41.4 Å². The van der Waals surface area contributed by atoms with Gasteiger partial charge in [0.25, 0.3) is 0 Å². The van der Waals surface area contributed by atoms with Crippen molar-refractivity contribution in [3.8, 4) is 0 Å². The Bertz CT molecular complexity index is 430. The summed E-state index contributed by atoms with van der Waals surface area (Å²) in [5.41, 5.74) is 1.52. The smallest absolute Gasteiger partial charge is 0.0545 e. The Hall–Kier alpha value is -0.450. The van der Waals surface area contributed by atoms with Gasteiger partial charge in [0.15, 0.2) is 0 Å². The minimum Gasteiger partial charge on any atom is -0.308 e. The molecule has 4 heteroatoms. The third kappa shape index (κ3) is 3.56. The molecule has 0 bridgehead atoms. The lowest BCUT2D eigenvalue weighted by Crippen LogP contribution is -2.66. The lowest BCUT2D eigenvalue weighted by Gasteiger charge is -2.50. The summed E-state index contributed by atoms with van der Waals surface area (Å²) in [6.07, 6.45) is 3.02. The first-order valence-corrected chi connectivity index (χ1v) is 7.74. The van der Waals surface area contributed by atoms with Crippen molar-refractivity contribution in [3.63, 3.8) is 0 Å². The van der Waals surface area contributed by atoms with Crippen molar-refractivity contribution in [2.75, 3.05) is 13.1 Å². The summed E-state index contributed by atoms with van der Waals surface area (Å²) < 4.78 is 1.04. The zero-order valence-electron chi connectivity index (χ0n) is 12.3. The van der Waals surface area contributed by atoms with Gasteiger partial charge in [-0.1, -0.05) is 6.92 Å². The summed E-state index contributed by atoms with van der Waals surface area (Å²) in [6.45, 7) is 12.2. The van der Waals surface area contributed by atoms with Crippen molar-refractivity contribution in [1.82, 2.24) is 15.2 Å². The van der Waals surface area contributed by atoms with Gasteiger partial charge in [0.05, 0.1) is 5.69 Å². The third-order valence-corrected chi connectivity index (χ3v) is 4.73. The highest BCUT2D eigenvalue weighted by molar-refractivity contribution is 9.10. The molecular formula is C15H24BrN3. The second-order valence-corrected chi connectivity index (χ2v) is 7.32. The van der Waals surface area contributed by atoms with E-state index < -0.39 is 0 Å². The topological polar surface area (TPSA) is 28.2 Å². The van der Waals surface area contributed by atoms with E-state index in [9.17, 15) is 0 Å². The summed E-state index contributed by atoms with van der Waals surface area (Å²) in [6, 6.07) is 4.17. The first-order chi connectivity index (χ1) is 8.85. The molecule has 1 aliphatic heterocycles. The highest BCUT2D eigenvalue weighted by Crippen LogP contribution is 2.27. The van der Waals surface area contributed by atoms with E-state index >= 15 is 0 Å². The average molecular weight is 326 g/mol. The van der Waals surface area contributed by atoms with Gasteiger partial charge in [-0.2, -0.15) is 0 Å². The number of halogens is 1. The number of nitrogens with one attached hydrogen (secondary N) is 1. The molecule has 0 aromatic carbocycles. The monoisotopic (exact) mass is 325 g/mol. The predicted octanol–water partition coefficient (Wildman–Crippen LogP) is 3.20. The largest absolute Gasteiger partial charge is 0.308 e. The molecule has 0 aliphatic carbocycles. The van der Waals surface area contributed by atoms with Crippen LogP contribution >= 0.6 is 15.9 Å². The van der Waals surface area contributed by atoms with Crippen LogP contribution in [0.15, 0.2) is 22.8 Å². The first-order valence-electron chi connectivity index (χ1n) is 6.95. The minimum atomic E-state index is 0.170. The lowest BCUT2D eigenvalue weighted by atomic mass is 9.88. The van der Waals surface area contributed by atoms with Crippen molar-refractivity contribution in [1.29, 1.82) is 0 Å². The molecule has 2 heterocycles. The molecule has 0 saturated carbocycles. The van der Waals surface area contributed by atoms with E-state index in [2.05, 4.69) is 71.0 Å². The van der Waals surface area contributed by atoms with Crippen LogP contribution < -0.4 is 5.32 Å². The second kappa shape index (κ2) is 5.51. The van der Waals surface area contributed by atoms with Crippen LogP contribution in [-0.2, 0) is 6.54 Å². The van der Waals surface area contributed by atoms with Gasteiger partial charge < -0.3 is 5.32 Å². The highest BCUT2D eigenvalue weighted by atomic mass is 79.9. The predicted molar refractivity (Wildman–Crippen MR) is 83.1 cm³/mol. The van der Waals surface area contributed by atoms with Crippen LogP contribution in [-0.4, -0.2) is 34.1 Å². The van der Waals surface area contributed by atoms with Gasteiger partial charge in [-0.15, -0.1) is 0 Å². The summed E-state index contributed by atoms with van der Waals surface area (Å²) in [4.78, 5) is 7.05. The first kappa shape index (κ1) is 14.9. The molecule has 1 aromatic heterocycles. The Balaban J connectivity index is 2.13. The number of hydrogen-bond acceptors (Lipinski definition) is 3. The zero-order chi connectivity index (χ0) is 14.1. The van der Waals surface area contributed by atoms with E-state index in [0.717, 1.165) is 36.2 Å². The van der Waals surface area contributed by atoms with E-state index in [1.807, 2.05) is 6.20 Å². The molecule has 19 heavy (non-hydrogen) atoms. The van der Waals surface area contributed by atoms with Gasteiger partial charge >= 0.3 is 0 Å². The molecule has 0 amide bonds. The molecule has 1 aliphatic rings. The molecular weight excluding hydrogens is 302 g/mol. The number of rotatable bonds is 3. The van der Waals surface area contributed by atoms with Crippen LogP contribution in [0.3, 0.4) is 0 Å². The van der Waals surface area contributed by atoms with Gasteiger partial charge in [0.1, 0.15) is 0 Å². The van der Waals surface area contributed by atoms with Crippen molar-refractivity contribution < 1.29 is 0 Å². The fourth-order valence-corrected chi connectivity index (χ4v) is 2.67. The van der Waals surface area contributed by atoms with Gasteiger partial charge in [0.2, 0.25) is 0 Å². The standard InChI is InChI=1S/C15H24BrN3/c1-5-15(4)11-19(14(2,3)10-18-15)9-13-7-6-12(16)8-17-13/h6-8,18H,5,9-11H2,1-4H3. The van der Waals surface area contributed by atoms with Crippen LogP contribution in [0.4, 0.5) is 0 Å². The number of piperazine rings is 1. The summed E-state index contributed by atoms with van der Waals surface area (Å²) in [5, 5.41) is 3.69. The fraction of sp³-hybridized carbons (Fsp3) is 0.667. The van der Waals surface area contributed by atoms with Crippen molar-refractivity contribution >= 4 is 15.9 Å². The van der Waals surface area contributed by atoms with Gasteiger partial charge in [-0.3, -0.25) is 9.88 Å². The maximum atomic E-state index is 4.50. The van der Waals surface area contributed by atoms with Crippen molar-refractivity contribution in [2.45, 2.75) is 51.7 Å². The van der Waals surface area contributed by atoms with E-state index in [-0.39, 0.29) is 11.1 Å². The summed E-state index contributed by atoms with van der Waals surface area (Å²) >= 11 is 3.44. The van der Waals surface area contributed by atoms with Crippen molar-refractivity contribution in [2.24, 2.45) is 0 Å². The maximum Gasteiger partial charge on any atom is 0.0545 e. The van der Waals surface area contributed by atoms with Gasteiger partial charge in [-0.25, -0.2) is 0 Å². The van der Waals surface area contributed by atoms with Crippen molar-refractivity contribution in [3.05, 3.63) is 28.5 Å². The van der Waals surface area contributed by atoms with E-state index in [4.69, 9.17) is 0 Å². The molecule has 3 nitrogen and oxygen atoms in total. The quantitative estimate of drug-likeness (QED) is 0.925. The van der Waals surface area contributed by atoms with Crippen LogP contribution in [0.5, 0.6) is 0 Å². The lowest BCUT2D eigenvalue weighted by molar-refractivity contribution is 0.0236. The van der Waals surface area contributed by atoms with E-state index in [1.165, 1.54) is 0 Å². The Morgan fingerprint density at radius 2 is 2.11 bits per heavy atom. The van der Waals surface area contributed by atoms with E-state index in [1.54, 1.807) is 0 Å². The molecule has 1 unspecified atom stereocenters. The average Bonchev–Trinajstić information content (AvgIpc) is 2.37. The fourth-order valence-electron chi connectivity index (χ4n) is 2.43. The number of hydrogen-bond donors (Lipinski definition) is 1. The molecule has 0 spiro atoms. The second-order valence-electron chi connectivity index (χ2n) is 6.40. The van der Waals surface area contributed by atoms with Crippen LogP contribution in [0.25, 0.3) is 0 Å². The molecule has 0 radical (unpaired) electrons. The highest BCUT2D eigenvalue weighted by Gasteiger charge is 2.39. The SMILES string of the molecule is CCC1(C)CN(Cc2ccc(Br)cn2)C(C)(C)CN1. The number of aromatic nitrogens is 1. The molecule has 1 N–H and O–H groups in total. The third-order valence-electron chi connectivity index (χ3n) is 4.27. The Morgan fingerprint density at radius 3 is 2.68 bits per heavy atom. The summed E-state index contributed by atoms with van der Waals surface area (Å²) in [7, 11) is 0. The maximum absolute atomic E-state index is 4.50. The van der Waals surface area contributed by atoms with Gasteiger partial charge in [-0.05, 0) is 55.3 Å². The van der Waals surface area contributed by atoms with Crippen LogP contribution in [0.2, 0.25) is 0 Å². The Kier molecular flexibility index (Phi) is 4.33. The molecule has 2 rings (SSSR count). The van der Waals surface area contributed by atoms with Crippen LogP contribution in [0.1, 0.15) is 39.8 Å². The molecule has 106 valence electrons. The number of nitrogens with zero attached hydrogens (tertiary/aromatic N) is 2. The molecule has 1 aromatic rings. The summed E-state index contributed by atoms with van der Waals surface area (Å²) in [5.74, 6) is 0. The molecule has 1 fully saturated rings. The zero-order valence-corrected chi connectivity index (χ0v) is 13.9. The van der Waals surface area contributed by atoms with Crippen LogP contribution in [0, 0.1) is 0 Å². The Labute approximate surface area is 124 Å². The minimum absolute atomic E-state index is 0.170. The van der Waals surface area contributed by atoms with E-state index in [0.29, 0.717) is 0 Å². The Morgan fingerprint density at radius 1 is 1.37 bits per heavy atom. The molecule has 1 atom stereocenters.